The number of methoxy groups -OCH3 is 1. The summed E-state index contributed by atoms with van der Waals surface area (Å²) >= 11 is 4.67. The Balaban J connectivity index is 3.05. The topological polar surface area (TPSA) is 89.7 Å². The normalized spacial score (nSPS) is 11.4. The van der Waals surface area contributed by atoms with Gasteiger partial charge in [-0.1, -0.05) is 12.2 Å². The Hall–Kier alpha value is -1.58. The molecule has 1 rings (SSSR count). The monoisotopic (exact) mass is 334 g/mol. The van der Waals surface area contributed by atoms with Gasteiger partial charge in [-0.05, 0) is 18.2 Å². The molecule has 0 radical (unpaired) electrons. The van der Waals surface area contributed by atoms with E-state index in [0.29, 0.717) is 0 Å². The van der Waals surface area contributed by atoms with Crippen molar-refractivity contribution < 1.29 is 22.3 Å². The van der Waals surface area contributed by atoms with Gasteiger partial charge in [0.1, 0.15) is 10.8 Å². The molecule has 1 aromatic carbocycles. The van der Waals surface area contributed by atoms with E-state index in [0.717, 1.165) is 22.5 Å². The average molecular weight is 334 g/mol. The van der Waals surface area contributed by atoms with Gasteiger partial charge in [0.05, 0.1) is 18.4 Å². The van der Waals surface area contributed by atoms with Gasteiger partial charge in [0, 0.05) is 19.2 Å². The molecule has 0 heterocycles. The molecule has 0 unspecified atom stereocenters. The van der Waals surface area contributed by atoms with E-state index in [4.69, 9.17) is 5.73 Å². The number of halogens is 1. The summed E-state index contributed by atoms with van der Waals surface area (Å²) in [4.78, 5) is 10.7. The Kier molecular flexibility index (Phi) is 5.76. The molecular weight excluding hydrogens is 319 g/mol. The lowest BCUT2D eigenvalue weighted by Gasteiger charge is -2.17. The highest BCUT2D eigenvalue weighted by atomic mass is 32.2. The molecule has 0 aliphatic rings. The van der Waals surface area contributed by atoms with Crippen LogP contribution in [0.3, 0.4) is 0 Å². The number of rotatable bonds is 6. The molecule has 0 spiro atoms. The fraction of sp³-hybridized carbons (Fsp3) is 0.333. The van der Waals surface area contributed by atoms with Crippen LogP contribution >= 0.6 is 12.2 Å². The van der Waals surface area contributed by atoms with Gasteiger partial charge in [-0.25, -0.2) is 17.1 Å². The second kappa shape index (κ2) is 6.92. The van der Waals surface area contributed by atoms with Gasteiger partial charge < -0.3 is 10.5 Å². The van der Waals surface area contributed by atoms with Crippen molar-refractivity contribution in [1.82, 2.24) is 4.31 Å². The van der Waals surface area contributed by atoms with Crippen molar-refractivity contribution in [3.05, 3.63) is 29.6 Å². The summed E-state index contributed by atoms with van der Waals surface area (Å²) in [6.07, 6.45) is -0.0877. The second-order valence-electron chi connectivity index (χ2n) is 4.16. The number of nitrogens with zero attached hydrogens (tertiary/aromatic N) is 1. The van der Waals surface area contributed by atoms with Crippen LogP contribution in [0.25, 0.3) is 0 Å². The molecule has 0 fully saturated rings. The number of hydrogen-bond donors (Lipinski definition) is 1. The van der Waals surface area contributed by atoms with Crippen LogP contribution < -0.4 is 5.73 Å². The molecule has 0 saturated heterocycles. The molecule has 0 saturated carbocycles. The van der Waals surface area contributed by atoms with E-state index in [1.54, 1.807) is 0 Å². The smallest absolute Gasteiger partial charge is 0.306 e. The maximum Gasteiger partial charge on any atom is 0.306 e. The quantitative estimate of drug-likeness (QED) is 0.607. The summed E-state index contributed by atoms with van der Waals surface area (Å²) in [7, 11) is -1.35. The van der Waals surface area contributed by atoms with Gasteiger partial charge in [-0.3, -0.25) is 4.79 Å². The van der Waals surface area contributed by atoms with Crippen molar-refractivity contribution in [2.45, 2.75) is 11.3 Å². The molecule has 0 aromatic heterocycles. The maximum atomic E-state index is 13.5. The summed E-state index contributed by atoms with van der Waals surface area (Å²) in [5.41, 5.74) is 5.20. The SMILES string of the molecule is COC(=O)CCN(C)S(=O)(=O)c1ccc(F)c(C(N)=S)c1. The van der Waals surface area contributed by atoms with Crippen LogP contribution in [-0.4, -0.2) is 44.4 Å². The number of esters is 1. The molecule has 0 aliphatic heterocycles. The van der Waals surface area contributed by atoms with Gasteiger partial charge >= 0.3 is 5.97 Å². The number of ether oxygens (including phenoxy) is 1. The first-order valence-electron chi connectivity index (χ1n) is 5.82. The van der Waals surface area contributed by atoms with Crippen LogP contribution in [-0.2, 0) is 19.6 Å². The Morgan fingerprint density at radius 1 is 1.48 bits per heavy atom. The Morgan fingerprint density at radius 2 is 2.10 bits per heavy atom. The summed E-state index contributed by atoms with van der Waals surface area (Å²) in [5, 5.41) is 0. The van der Waals surface area contributed by atoms with E-state index in [-0.39, 0.29) is 28.4 Å². The van der Waals surface area contributed by atoms with Crippen LogP contribution in [0.15, 0.2) is 23.1 Å². The molecule has 2 N–H and O–H groups in total. The molecule has 0 atom stereocenters. The molecule has 0 aliphatic carbocycles. The van der Waals surface area contributed by atoms with Gasteiger partial charge in [-0.2, -0.15) is 0 Å². The van der Waals surface area contributed by atoms with Crippen molar-refractivity contribution >= 4 is 33.2 Å². The zero-order valence-corrected chi connectivity index (χ0v) is 13.1. The highest BCUT2D eigenvalue weighted by molar-refractivity contribution is 7.89. The molecule has 1 aromatic rings. The number of carbonyl (C=O) groups is 1. The highest BCUT2D eigenvalue weighted by Gasteiger charge is 2.23. The van der Waals surface area contributed by atoms with Gasteiger partial charge in [0.2, 0.25) is 10.0 Å². The first-order valence-corrected chi connectivity index (χ1v) is 7.67. The molecule has 9 heteroatoms. The lowest BCUT2D eigenvalue weighted by atomic mass is 10.2. The number of carbonyl (C=O) groups excluding carboxylic acids is 1. The third-order valence-electron chi connectivity index (χ3n) is 2.77. The maximum absolute atomic E-state index is 13.5. The van der Waals surface area contributed by atoms with Crippen molar-refractivity contribution in [2.75, 3.05) is 20.7 Å². The molecule has 0 bridgehead atoms. The fourth-order valence-corrected chi connectivity index (χ4v) is 2.86. The van der Waals surface area contributed by atoms with E-state index >= 15 is 0 Å². The summed E-state index contributed by atoms with van der Waals surface area (Å²) in [6, 6.07) is 3.16. The third-order valence-corrected chi connectivity index (χ3v) is 4.84. The van der Waals surface area contributed by atoms with E-state index < -0.39 is 21.8 Å². The zero-order valence-electron chi connectivity index (χ0n) is 11.5. The van der Waals surface area contributed by atoms with Crippen LogP contribution in [0.1, 0.15) is 12.0 Å². The molecule has 116 valence electrons. The number of benzene rings is 1. The fourth-order valence-electron chi connectivity index (χ4n) is 1.50. The predicted molar refractivity (Wildman–Crippen MR) is 78.7 cm³/mol. The first-order chi connectivity index (χ1) is 9.70. The first kappa shape index (κ1) is 17.5. The summed E-state index contributed by atoms with van der Waals surface area (Å²) in [5.74, 6) is -1.22. The van der Waals surface area contributed by atoms with E-state index in [9.17, 15) is 17.6 Å². The van der Waals surface area contributed by atoms with E-state index in [1.165, 1.54) is 14.2 Å². The highest BCUT2D eigenvalue weighted by Crippen LogP contribution is 2.18. The second-order valence-corrected chi connectivity index (χ2v) is 6.64. The number of thiocarbonyl (C=S) groups is 1. The van der Waals surface area contributed by atoms with Crippen LogP contribution in [0.2, 0.25) is 0 Å². The number of nitrogens with two attached hydrogens (primary N) is 1. The predicted octanol–water partition coefficient (Wildman–Crippen LogP) is 0.644. The van der Waals surface area contributed by atoms with Crippen molar-refractivity contribution in [3.63, 3.8) is 0 Å². The minimum Gasteiger partial charge on any atom is -0.469 e. The van der Waals surface area contributed by atoms with Crippen LogP contribution in [0.5, 0.6) is 0 Å². The Morgan fingerprint density at radius 3 is 2.62 bits per heavy atom. The standard InChI is InChI=1S/C12H15FN2O4S2/c1-15(6-5-11(16)19-2)21(17,18)8-3-4-10(13)9(7-8)12(14)20/h3-4,7H,5-6H2,1-2H3,(H2,14,20). The summed E-state index contributed by atoms with van der Waals surface area (Å²) < 4.78 is 43.5. The van der Waals surface area contributed by atoms with Crippen LogP contribution in [0, 0.1) is 5.82 Å². The van der Waals surface area contributed by atoms with Crippen molar-refractivity contribution in [3.8, 4) is 0 Å². The minimum atomic E-state index is -3.87. The van der Waals surface area contributed by atoms with Gasteiger partial charge in [0.15, 0.2) is 0 Å². The van der Waals surface area contributed by atoms with Gasteiger partial charge in [0.25, 0.3) is 0 Å². The molecular formula is C12H15FN2O4S2. The number of sulfonamides is 1. The van der Waals surface area contributed by atoms with E-state index in [1.807, 2.05) is 0 Å². The molecule has 21 heavy (non-hydrogen) atoms. The Labute approximate surface area is 127 Å². The summed E-state index contributed by atoms with van der Waals surface area (Å²) in [6.45, 7) is -0.0607. The van der Waals surface area contributed by atoms with Crippen molar-refractivity contribution in [2.24, 2.45) is 5.73 Å². The number of hydrogen-bond acceptors (Lipinski definition) is 5. The van der Waals surface area contributed by atoms with Gasteiger partial charge in [-0.15, -0.1) is 0 Å². The lowest BCUT2D eigenvalue weighted by molar-refractivity contribution is -0.140. The lowest BCUT2D eigenvalue weighted by Crippen LogP contribution is -2.29. The average Bonchev–Trinajstić information content (AvgIpc) is 2.43. The molecule has 0 amide bonds. The van der Waals surface area contributed by atoms with E-state index in [2.05, 4.69) is 17.0 Å². The Bertz CT molecular complexity index is 661. The van der Waals surface area contributed by atoms with Crippen LogP contribution in [0.4, 0.5) is 4.39 Å². The minimum absolute atomic E-state index is 0.0607. The largest absolute Gasteiger partial charge is 0.469 e. The molecule has 6 nitrogen and oxygen atoms in total. The van der Waals surface area contributed by atoms with Crippen molar-refractivity contribution in [1.29, 1.82) is 0 Å². The zero-order chi connectivity index (χ0) is 16.2. The third kappa shape index (κ3) is 4.19.